The van der Waals surface area contributed by atoms with Gasteiger partial charge in [-0.05, 0) is 109 Å². The number of carbonyl (C=O) groups is 2. The highest BCUT2D eigenvalue weighted by molar-refractivity contribution is 7.47. The summed E-state index contributed by atoms with van der Waals surface area (Å²) in [5.41, 5.74) is 0. The van der Waals surface area contributed by atoms with E-state index in [1.165, 1.54) is 161 Å². The molecule has 9 nitrogen and oxygen atoms in total. The van der Waals surface area contributed by atoms with Gasteiger partial charge in [0.25, 0.3) is 0 Å². The molecule has 0 saturated heterocycles. The molecule has 1 amide bonds. The summed E-state index contributed by atoms with van der Waals surface area (Å²) in [7, 11) is 1.48. The van der Waals surface area contributed by atoms with E-state index in [0.29, 0.717) is 17.4 Å². The van der Waals surface area contributed by atoms with Crippen LogP contribution in [0.25, 0.3) is 0 Å². The molecule has 3 atom stereocenters. The van der Waals surface area contributed by atoms with E-state index in [4.69, 9.17) is 13.8 Å². The molecule has 0 bridgehead atoms. The normalized spacial score (nSPS) is 14.1. The van der Waals surface area contributed by atoms with E-state index in [2.05, 4.69) is 99.0 Å². The van der Waals surface area contributed by atoms with Gasteiger partial charge >= 0.3 is 13.8 Å². The molecular formula is C71H130N2O7P+. The largest absolute Gasteiger partial charge is 0.472 e. The van der Waals surface area contributed by atoms with Crippen LogP contribution in [0.2, 0.25) is 0 Å². The average Bonchev–Trinajstić information content (AvgIpc) is 3.44. The minimum atomic E-state index is -4.46. The van der Waals surface area contributed by atoms with Gasteiger partial charge in [0.15, 0.2) is 0 Å². The monoisotopic (exact) mass is 1150 g/mol. The van der Waals surface area contributed by atoms with Crippen LogP contribution in [0, 0.1) is 0 Å². The van der Waals surface area contributed by atoms with E-state index in [0.717, 1.165) is 109 Å². The number of ether oxygens (including phenoxy) is 1. The van der Waals surface area contributed by atoms with Crippen molar-refractivity contribution >= 4 is 19.7 Å². The van der Waals surface area contributed by atoms with Crippen molar-refractivity contribution in [2.75, 3.05) is 40.9 Å². The Hall–Kier alpha value is -2.81. The van der Waals surface area contributed by atoms with Crippen molar-refractivity contribution in [2.24, 2.45) is 0 Å². The maximum Gasteiger partial charge on any atom is 0.472 e. The molecule has 0 aliphatic rings. The minimum Gasteiger partial charge on any atom is -0.456 e. The summed E-state index contributed by atoms with van der Waals surface area (Å²) in [6, 6.07) is -0.859. The SMILES string of the molecule is CCCCC/C=C\C/C=C\C/C=C\C/C=C\CCCCCCCCCCCC(=O)OC(/C=C\CCCCCCCCCCCCC)C(COP(=O)(O)OCC[N+](C)(C)C)NC(=O)CCCCCCCCC/C=C\C/C=C\CCCCC. The van der Waals surface area contributed by atoms with E-state index in [1.54, 1.807) is 0 Å². The fourth-order valence-corrected chi connectivity index (χ4v) is 10.3. The van der Waals surface area contributed by atoms with Crippen molar-refractivity contribution in [2.45, 2.75) is 315 Å². The van der Waals surface area contributed by atoms with Gasteiger partial charge in [-0.1, -0.05) is 267 Å². The van der Waals surface area contributed by atoms with Crippen molar-refractivity contribution < 1.29 is 37.3 Å². The van der Waals surface area contributed by atoms with Gasteiger partial charge in [-0.2, -0.15) is 0 Å². The Kier molecular flexibility index (Phi) is 58.2. The van der Waals surface area contributed by atoms with Crippen LogP contribution in [0.4, 0.5) is 0 Å². The number of nitrogens with zero attached hydrogens (tertiary/aromatic N) is 1. The van der Waals surface area contributed by atoms with Crippen molar-refractivity contribution in [3.63, 3.8) is 0 Å². The maximum atomic E-state index is 13.6. The van der Waals surface area contributed by atoms with Crippen molar-refractivity contribution in [1.29, 1.82) is 0 Å². The summed E-state index contributed by atoms with van der Waals surface area (Å²) in [5, 5.41) is 3.06. The van der Waals surface area contributed by atoms with Crippen LogP contribution in [0.1, 0.15) is 303 Å². The standard InChI is InChI=1S/C71H129N2O7P/c1-7-10-13-16-19-22-25-28-30-32-33-34-35-36-37-38-39-41-43-46-49-52-55-58-61-64-71(75)80-69(62-59-56-53-50-47-44-27-24-21-18-15-12-9-3)68(67-79-81(76,77)78-66-65-73(4,5)6)72-70(74)63-60-57-54-51-48-45-42-40-31-29-26-23-20-17-14-11-8-2/h19-20,22-23,28-31,33-34,36-37,59,62,68-69H,7-18,21,24-27,32,35,38-58,60-61,63-67H2,1-6H3,(H-,72,74,76,77)/p+1/b22-19-,23-20-,30-28-,31-29-,34-33-,37-36-,62-59-. The van der Waals surface area contributed by atoms with E-state index >= 15 is 0 Å². The van der Waals surface area contributed by atoms with E-state index in [9.17, 15) is 19.0 Å². The molecule has 0 heterocycles. The Morgan fingerprint density at radius 1 is 0.432 bits per heavy atom. The van der Waals surface area contributed by atoms with E-state index in [-0.39, 0.29) is 31.5 Å². The molecule has 0 aliphatic heterocycles. The van der Waals surface area contributed by atoms with Gasteiger partial charge in [0, 0.05) is 12.8 Å². The molecule has 2 N–H and O–H groups in total. The summed E-state index contributed by atoms with van der Waals surface area (Å²) in [6.07, 6.45) is 80.0. The third kappa shape index (κ3) is 61.6. The number of amides is 1. The summed E-state index contributed by atoms with van der Waals surface area (Å²) in [6.45, 7) is 6.97. The molecule has 3 unspecified atom stereocenters. The molecule has 0 aliphatic carbocycles. The lowest BCUT2D eigenvalue weighted by Gasteiger charge is -2.27. The Morgan fingerprint density at radius 3 is 1.15 bits per heavy atom. The smallest absolute Gasteiger partial charge is 0.456 e. The number of phosphoric acid groups is 1. The van der Waals surface area contributed by atoms with Gasteiger partial charge in [0.2, 0.25) is 5.91 Å². The van der Waals surface area contributed by atoms with Crippen LogP contribution in [-0.2, 0) is 27.9 Å². The number of esters is 1. The fraction of sp³-hybridized carbons (Fsp3) is 0.775. The topological polar surface area (TPSA) is 111 Å². The minimum absolute atomic E-state index is 0.0348. The van der Waals surface area contributed by atoms with Gasteiger partial charge in [-0.15, -0.1) is 0 Å². The average molecular weight is 1150 g/mol. The molecule has 0 aromatic heterocycles. The molecule has 0 rings (SSSR count). The lowest BCUT2D eigenvalue weighted by atomic mass is 10.0. The molecule has 10 heteroatoms. The van der Waals surface area contributed by atoms with Crippen LogP contribution in [0.15, 0.2) is 85.1 Å². The van der Waals surface area contributed by atoms with Gasteiger partial charge < -0.3 is 19.4 Å². The van der Waals surface area contributed by atoms with E-state index in [1.807, 2.05) is 33.3 Å². The number of phosphoric ester groups is 1. The summed E-state index contributed by atoms with van der Waals surface area (Å²) >= 11 is 0. The predicted octanol–water partition coefficient (Wildman–Crippen LogP) is 21.3. The van der Waals surface area contributed by atoms with Crippen molar-refractivity contribution in [3.8, 4) is 0 Å². The highest BCUT2D eigenvalue weighted by atomic mass is 31.2. The lowest BCUT2D eigenvalue weighted by molar-refractivity contribution is -0.870. The highest BCUT2D eigenvalue weighted by Crippen LogP contribution is 2.43. The summed E-state index contributed by atoms with van der Waals surface area (Å²) < 4.78 is 30.8. The molecule has 0 spiro atoms. The second kappa shape index (κ2) is 60.3. The quantitative estimate of drug-likeness (QED) is 0.0205. The zero-order valence-corrected chi connectivity index (χ0v) is 54.7. The van der Waals surface area contributed by atoms with Gasteiger partial charge in [-0.25, -0.2) is 4.57 Å². The first-order valence-electron chi connectivity index (χ1n) is 33.9. The third-order valence-electron chi connectivity index (χ3n) is 14.8. The van der Waals surface area contributed by atoms with Crippen LogP contribution >= 0.6 is 7.82 Å². The van der Waals surface area contributed by atoms with Gasteiger partial charge in [0.1, 0.15) is 19.3 Å². The molecule has 0 fully saturated rings. The zero-order chi connectivity index (χ0) is 59.3. The molecule has 81 heavy (non-hydrogen) atoms. The summed E-state index contributed by atoms with van der Waals surface area (Å²) in [5.74, 6) is -0.517. The third-order valence-corrected chi connectivity index (χ3v) is 15.8. The van der Waals surface area contributed by atoms with Crippen molar-refractivity contribution in [3.05, 3.63) is 85.1 Å². The number of likely N-dealkylation sites (N-methyl/N-ethyl adjacent to an activating group) is 1. The predicted molar refractivity (Wildman–Crippen MR) is 351 cm³/mol. The number of unbranched alkanes of at least 4 members (excludes halogenated alkanes) is 33. The second-order valence-electron chi connectivity index (χ2n) is 24.0. The second-order valence-corrected chi connectivity index (χ2v) is 25.4. The molecule has 0 radical (unpaired) electrons. The van der Waals surface area contributed by atoms with Crippen LogP contribution < -0.4 is 5.32 Å². The molecule has 470 valence electrons. The van der Waals surface area contributed by atoms with E-state index < -0.39 is 20.0 Å². The number of hydrogen-bond acceptors (Lipinski definition) is 6. The van der Waals surface area contributed by atoms with Crippen LogP contribution in [0.5, 0.6) is 0 Å². The van der Waals surface area contributed by atoms with Gasteiger partial charge in [0.05, 0.1) is 33.8 Å². The lowest BCUT2D eigenvalue weighted by Crippen LogP contribution is -2.47. The molecule has 0 aromatic carbocycles. The fourth-order valence-electron chi connectivity index (χ4n) is 9.54. The first-order chi connectivity index (χ1) is 39.4. The first-order valence-corrected chi connectivity index (χ1v) is 35.4. The molecule has 0 aromatic rings. The Morgan fingerprint density at radius 2 is 0.753 bits per heavy atom. The number of carbonyl (C=O) groups excluding carboxylic acids is 2. The number of hydrogen-bond donors (Lipinski definition) is 2. The number of allylic oxidation sites excluding steroid dienone is 13. The number of nitrogens with one attached hydrogen (secondary N) is 1. The maximum absolute atomic E-state index is 13.6. The summed E-state index contributed by atoms with van der Waals surface area (Å²) in [4.78, 5) is 37.8. The van der Waals surface area contributed by atoms with Crippen LogP contribution in [-0.4, -0.2) is 74.3 Å². The molecular weight excluding hydrogens is 1020 g/mol. The Labute approximate surface area is 501 Å². The number of quaternary nitrogens is 1. The zero-order valence-electron chi connectivity index (χ0n) is 53.8. The van der Waals surface area contributed by atoms with Crippen LogP contribution in [0.3, 0.4) is 0 Å². The first kappa shape index (κ1) is 78.2. The molecule has 0 saturated carbocycles. The number of rotatable bonds is 61. The Bertz CT molecular complexity index is 1660. The van der Waals surface area contributed by atoms with Crippen molar-refractivity contribution in [1.82, 2.24) is 5.32 Å². The Balaban J connectivity index is 5.18. The highest BCUT2D eigenvalue weighted by Gasteiger charge is 2.30. The van der Waals surface area contributed by atoms with Gasteiger partial charge in [-0.3, -0.25) is 18.6 Å².